The van der Waals surface area contributed by atoms with Gasteiger partial charge in [-0.2, -0.15) is 0 Å². The molecule has 0 fully saturated rings. The molecule has 0 saturated carbocycles. The van der Waals surface area contributed by atoms with Crippen LogP contribution in [0.3, 0.4) is 0 Å². The average molecular weight is 178 g/mol. The summed E-state index contributed by atoms with van der Waals surface area (Å²) in [5.41, 5.74) is 2.06. The summed E-state index contributed by atoms with van der Waals surface area (Å²) in [5, 5.41) is 0. The molecule has 0 bridgehead atoms. The van der Waals surface area contributed by atoms with E-state index in [1.54, 1.807) is 5.57 Å². The molecule has 0 aromatic carbocycles. The molecule has 1 unspecified atom stereocenters. The third kappa shape index (κ3) is 2.72. The van der Waals surface area contributed by atoms with E-state index in [0.29, 0.717) is 5.41 Å². The van der Waals surface area contributed by atoms with Gasteiger partial charge >= 0.3 is 0 Å². The largest absolute Gasteiger partial charge is 0.0805 e. The maximum Gasteiger partial charge on any atom is -0.0130 e. The number of hydrogen-bond acceptors (Lipinski definition) is 0. The van der Waals surface area contributed by atoms with Gasteiger partial charge in [-0.1, -0.05) is 57.9 Å². The zero-order chi connectivity index (χ0) is 9.90. The van der Waals surface area contributed by atoms with E-state index < -0.39 is 0 Å². The van der Waals surface area contributed by atoms with Gasteiger partial charge in [0.05, 0.1) is 0 Å². The van der Waals surface area contributed by atoms with Crippen molar-refractivity contribution in [3.63, 3.8) is 0 Å². The van der Waals surface area contributed by atoms with Gasteiger partial charge in [0.15, 0.2) is 0 Å². The summed E-state index contributed by atoms with van der Waals surface area (Å²) in [6.07, 6.45) is 10.6. The SMILES string of the molecule is CCCC(C1=CC=CC1)C(C)(C)C. The van der Waals surface area contributed by atoms with Crippen LogP contribution in [0.5, 0.6) is 0 Å². The van der Waals surface area contributed by atoms with Crippen LogP contribution in [-0.2, 0) is 0 Å². The van der Waals surface area contributed by atoms with E-state index in [1.165, 1.54) is 19.3 Å². The lowest BCUT2D eigenvalue weighted by atomic mass is 9.73. The molecule has 1 atom stereocenters. The molecule has 0 aliphatic heterocycles. The molecule has 74 valence electrons. The average Bonchev–Trinajstić information content (AvgIpc) is 2.49. The highest BCUT2D eigenvalue weighted by molar-refractivity contribution is 5.26. The van der Waals surface area contributed by atoms with E-state index in [-0.39, 0.29) is 0 Å². The molecule has 0 heteroatoms. The number of allylic oxidation sites excluding steroid dienone is 4. The second-order valence-corrected chi connectivity index (χ2v) is 5.08. The molecule has 1 aliphatic rings. The van der Waals surface area contributed by atoms with Gasteiger partial charge in [0.1, 0.15) is 0 Å². The maximum atomic E-state index is 2.35. The van der Waals surface area contributed by atoms with Gasteiger partial charge in [0.2, 0.25) is 0 Å². The highest BCUT2D eigenvalue weighted by atomic mass is 14.3. The molecule has 1 aliphatic carbocycles. The molecule has 0 radical (unpaired) electrons. The van der Waals surface area contributed by atoms with Crippen molar-refractivity contribution in [3.8, 4) is 0 Å². The Bertz CT molecular complexity index is 213. The topological polar surface area (TPSA) is 0 Å². The number of rotatable bonds is 3. The Hall–Kier alpha value is -0.520. The van der Waals surface area contributed by atoms with Crippen LogP contribution in [0.2, 0.25) is 0 Å². The first-order valence-electron chi connectivity index (χ1n) is 5.41. The molecule has 0 aromatic heterocycles. The lowest BCUT2D eigenvalue weighted by Gasteiger charge is -2.32. The van der Waals surface area contributed by atoms with Crippen LogP contribution in [0.1, 0.15) is 47.0 Å². The van der Waals surface area contributed by atoms with Crippen LogP contribution in [0.4, 0.5) is 0 Å². The summed E-state index contributed by atoms with van der Waals surface area (Å²) in [4.78, 5) is 0. The van der Waals surface area contributed by atoms with Crippen molar-refractivity contribution in [1.82, 2.24) is 0 Å². The first-order valence-corrected chi connectivity index (χ1v) is 5.41. The van der Waals surface area contributed by atoms with Gasteiger partial charge in [-0.25, -0.2) is 0 Å². The molecular formula is C13H22. The minimum atomic E-state index is 0.424. The zero-order valence-corrected chi connectivity index (χ0v) is 9.43. The van der Waals surface area contributed by atoms with E-state index in [0.717, 1.165) is 5.92 Å². The van der Waals surface area contributed by atoms with Crippen LogP contribution < -0.4 is 0 Å². The van der Waals surface area contributed by atoms with Gasteiger partial charge in [0, 0.05) is 0 Å². The first-order chi connectivity index (χ1) is 6.05. The van der Waals surface area contributed by atoms with E-state index in [2.05, 4.69) is 45.9 Å². The van der Waals surface area contributed by atoms with Gasteiger partial charge in [-0.3, -0.25) is 0 Å². The summed E-state index contributed by atoms with van der Waals surface area (Å²) in [6.45, 7) is 9.34. The Kier molecular flexibility index (Phi) is 3.35. The van der Waals surface area contributed by atoms with E-state index in [1.807, 2.05) is 0 Å². The summed E-state index contributed by atoms with van der Waals surface area (Å²) < 4.78 is 0. The van der Waals surface area contributed by atoms with Crippen molar-refractivity contribution < 1.29 is 0 Å². The Morgan fingerprint density at radius 3 is 2.46 bits per heavy atom. The molecule has 1 rings (SSSR count). The predicted octanol–water partition coefficient (Wildman–Crippen LogP) is 4.34. The van der Waals surface area contributed by atoms with Crippen molar-refractivity contribution in [1.29, 1.82) is 0 Å². The van der Waals surface area contributed by atoms with Crippen LogP contribution >= 0.6 is 0 Å². The Morgan fingerprint density at radius 2 is 2.08 bits per heavy atom. The van der Waals surface area contributed by atoms with E-state index >= 15 is 0 Å². The molecule has 0 heterocycles. The fraction of sp³-hybridized carbons (Fsp3) is 0.692. The molecule has 0 aromatic rings. The lowest BCUT2D eigenvalue weighted by molar-refractivity contribution is 0.260. The smallest absolute Gasteiger partial charge is 0.0130 e. The first kappa shape index (κ1) is 10.6. The lowest BCUT2D eigenvalue weighted by Crippen LogP contribution is -2.21. The van der Waals surface area contributed by atoms with E-state index in [4.69, 9.17) is 0 Å². The monoisotopic (exact) mass is 178 g/mol. The summed E-state index contributed by atoms with van der Waals surface area (Å²) in [7, 11) is 0. The zero-order valence-electron chi connectivity index (χ0n) is 9.43. The fourth-order valence-corrected chi connectivity index (χ4v) is 2.19. The Labute approximate surface area is 82.7 Å². The maximum absolute atomic E-state index is 2.35. The fourth-order valence-electron chi connectivity index (χ4n) is 2.19. The second-order valence-electron chi connectivity index (χ2n) is 5.08. The third-order valence-electron chi connectivity index (χ3n) is 2.87. The molecule has 0 spiro atoms. The van der Waals surface area contributed by atoms with Crippen molar-refractivity contribution in [2.24, 2.45) is 11.3 Å². The molecular weight excluding hydrogens is 156 g/mol. The van der Waals surface area contributed by atoms with Crippen LogP contribution in [0.25, 0.3) is 0 Å². The third-order valence-corrected chi connectivity index (χ3v) is 2.87. The molecule has 0 N–H and O–H groups in total. The van der Waals surface area contributed by atoms with Crippen molar-refractivity contribution in [2.45, 2.75) is 47.0 Å². The summed E-state index contributed by atoms with van der Waals surface area (Å²) in [5.74, 6) is 0.771. The Morgan fingerprint density at radius 1 is 1.38 bits per heavy atom. The molecule has 0 amide bonds. The molecule has 0 saturated heterocycles. The number of hydrogen-bond donors (Lipinski definition) is 0. The van der Waals surface area contributed by atoms with Crippen LogP contribution in [0.15, 0.2) is 23.8 Å². The van der Waals surface area contributed by atoms with Gasteiger partial charge in [-0.05, 0) is 24.2 Å². The molecule has 0 nitrogen and oxygen atoms in total. The predicted molar refractivity (Wildman–Crippen MR) is 59.7 cm³/mol. The highest BCUT2D eigenvalue weighted by Gasteiger charge is 2.26. The minimum Gasteiger partial charge on any atom is -0.0805 e. The van der Waals surface area contributed by atoms with Crippen LogP contribution in [-0.4, -0.2) is 0 Å². The minimum absolute atomic E-state index is 0.424. The quantitative estimate of drug-likeness (QED) is 0.603. The molecule has 13 heavy (non-hydrogen) atoms. The standard InChI is InChI=1S/C13H22/c1-5-8-12(13(2,3)4)11-9-6-7-10-11/h6-7,9,12H,5,8,10H2,1-4H3. The van der Waals surface area contributed by atoms with E-state index in [9.17, 15) is 0 Å². The second kappa shape index (κ2) is 4.13. The van der Waals surface area contributed by atoms with Gasteiger partial charge in [0.25, 0.3) is 0 Å². The van der Waals surface area contributed by atoms with Crippen molar-refractivity contribution >= 4 is 0 Å². The van der Waals surface area contributed by atoms with Gasteiger partial charge in [-0.15, -0.1) is 0 Å². The van der Waals surface area contributed by atoms with Crippen molar-refractivity contribution in [3.05, 3.63) is 23.8 Å². The van der Waals surface area contributed by atoms with Crippen LogP contribution in [0, 0.1) is 11.3 Å². The Balaban J connectivity index is 2.68. The normalized spacial score (nSPS) is 18.9. The summed E-state index contributed by atoms with van der Waals surface area (Å²) >= 11 is 0. The summed E-state index contributed by atoms with van der Waals surface area (Å²) in [6, 6.07) is 0. The highest BCUT2D eigenvalue weighted by Crippen LogP contribution is 2.38. The van der Waals surface area contributed by atoms with Crippen molar-refractivity contribution in [2.75, 3.05) is 0 Å². The van der Waals surface area contributed by atoms with Gasteiger partial charge < -0.3 is 0 Å².